The molecule has 0 aliphatic carbocycles. The Bertz CT molecular complexity index is 1020. The highest BCUT2D eigenvalue weighted by Crippen LogP contribution is 2.25. The molecule has 3 heterocycles. The van der Waals surface area contributed by atoms with E-state index in [1.165, 1.54) is 11.3 Å². The summed E-state index contributed by atoms with van der Waals surface area (Å²) in [4.78, 5) is 24.7. The first kappa shape index (κ1) is 26.3. The average molecular weight is 452 g/mol. The second kappa shape index (κ2) is 15.1. The van der Waals surface area contributed by atoms with E-state index in [0.29, 0.717) is 23.3 Å². The Morgan fingerprint density at radius 2 is 1.88 bits per heavy atom. The summed E-state index contributed by atoms with van der Waals surface area (Å²) >= 11 is 1.42. The Morgan fingerprint density at radius 1 is 1.12 bits per heavy atom. The lowest BCUT2D eigenvalue weighted by Gasteiger charge is -2.07. The summed E-state index contributed by atoms with van der Waals surface area (Å²) < 4.78 is 5.31. The van der Waals surface area contributed by atoms with Gasteiger partial charge < -0.3 is 4.74 Å². The summed E-state index contributed by atoms with van der Waals surface area (Å²) in [5.41, 5.74) is 0.896. The SMILES string of the molecule is C=C(C)Oc1cccc(NC(=O)Nc2csc(-c3cccnc3)n2)n1.C=C/C=C\C.CC. The molecular formula is C24H29N5O2S. The van der Waals surface area contributed by atoms with Crippen molar-refractivity contribution in [2.75, 3.05) is 10.6 Å². The molecule has 0 bridgehead atoms. The van der Waals surface area contributed by atoms with Crippen molar-refractivity contribution in [1.82, 2.24) is 15.0 Å². The molecular weight excluding hydrogens is 422 g/mol. The maximum Gasteiger partial charge on any atom is 0.326 e. The number of rotatable bonds is 6. The Kier molecular flexibility index (Phi) is 12.4. The van der Waals surface area contributed by atoms with Crippen LogP contribution in [0, 0.1) is 0 Å². The lowest BCUT2D eigenvalue weighted by Crippen LogP contribution is -2.20. The average Bonchev–Trinajstić information content (AvgIpc) is 3.25. The summed E-state index contributed by atoms with van der Waals surface area (Å²) in [6, 6.07) is 8.37. The number of thiazole rings is 1. The zero-order valence-electron chi connectivity index (χ0n) is 18.8. The van der Waals surface area contributed by atoms with Crippen molar-refractivity contribution in [1.29, 1.82) is 0 Å². The molecule has 0 aliphatic heterocycles. The number of pyridine rings is 2. The van der Waals surface area contributed by atoms with Gasteiger partial charge in [-0.15, -0.1) is 11.3 Å². The molecule has 0 unspecified atom stereocenters. The minimum atomic E-state index is -0.442. The first-order valence-corrected chi connectivity index (χ1v) is 10.9. The standard InChI is InChI=1S/C17H15N5O2S.C5H8.C2H6/c1-11(2)24-15-7-3-6-13(19-15)21-17(23)22-14-10-25-16(20-14)12-5-4-8-18-9-12;1-3-5-4-2;1-2/h3-10H,1H2,2H3,(H2,19,21,22,23);3-5H,1H2,2H3;1-2H3/b;5-4-;. The first-order valence-electron chi connectivity index (χ1n) is 10.00. The predicted octanol–water partition coefficient (Wildman–Crippen LogP) is 6.93. The van der Waals surface area contributed by atoms with Gasteiger partial charge in [0.2, 0.25) is 5.88 Å². The number of allylic oxidation sites excluding steroid dienone is 4. The molecule has 0 atom stereocenters. The van der Waals surface area contributed by atoms with Crippen LogP contribution < -0.4 is 15.4 Å². The van der Waals surface area contributed by atoms with Gasteiger partial charge >= 0.3 is 6.03 Å². The molecule has 0 aromatic carbocycles. The minimum Gasteiger partial charge on any atom is -0.444 e. The lowest BCUT2D eigenvalue weighted by molar-refractivity contribution is 0.262. The largest absolute Gasteiger partial charge is 0.444 e. The van der Waals surface area contributed by atoms with Gasteiger partial charge in [-0.1, -0.05) is 51.3 Å². The van der Waals surface area contributed by atoms with Crippen LogP contribution in [0.4, 0.5) is 16.4 Å². The molecule has 2 N–H and O–H groups in total. The lowest BCUT2D eigenvalue weighted by atomic mass is 10.3. The number of anilines is 2. The van der Waals surface area contributed by atoms with E-state index in [1.54, 1.807) is 49.0 Å². The molecule has 168 valence electrons. The van der Waals surface area contributed by atoms with E-state index < -0.39 is 6.03 Å². The van der Waals surface area contributed by atoms with Crippen LogP contribution in [0.15, 0.2) is 85.3 Å². The molecule has 0 aliphatic rings. The van der Waals surface area contributed by atoms with E-state index >= 15 is 0 Å². The second-order valence-electron chi connectivity index (χ2n) is 5.79. The number of hydrogen-bond donors (Lipinski definition) is 2. The van der Waals surface area contributed by atoms with Crippen LogP contribution in [-0.4, -0.2) is 21.0 Å². The van der Waals surface area contributed by atoms with Crippen molar-refractivity contribution in [2.24, 2.45) is 0 Å². The molecule has 7 nitrogen and oxygen atoms in total. The predicted molar refractivity (Wildman–Crippen MR) is 134 cm³/mol. The number of urea groups is 1. The van der Waals surface area contributed by atoms with Crippen molar-refractivity contribution in [3.8, 4) is 16.5 Å². The van der Waals surface area contributed by atoms with E-state index in [1.807, 2.05) is 45.1 Å². The number of aromatic nitrogens is 3. The van der Waals surface area contributed by atoms with E-state index in [9.17, 15) is 4.79 Å². The van der Waals surface area contributed by atoms with Crippen molar-refractivity contribution in [2.45, 2.75) is 27.7 Å². The summed E-state index contributed by atoms with van der Waals surface area (Å²) in [6.07, 6.45) is 9.00. The summed E-state index contributed by atoms with van der Waals surface area (Å²) in [5.74, 6) is 1.69. The zero-order chi connectivity index (χ0) is 23.8. The monoisotopic (exact) mass is 451 g/mol. The van der Waals surface area contributed by atoms with Gasteiger partial charge in [0.1, 0.15) is 16.6 Å². The van der Waals surface area contributed by atoms with Crippen LogP contribution in [0.2, 0.25) is 0 Å². The molecule has 0 saturated carbocycles. The summed E-state index contributed by atoms with van der Waals surface area (Å²) in [6.45, 7) is 14.8. The molecule has 8 heteroatoms. The summed E-state index contributed by atoms with van der Waals surface area (Å²) in [5, 5.41) is 7.84. The molecule has 3 aromatic heterocycles. The molecule has 0 saturated heterocycles. The van der Waals surface area contributed by atoms with Crippen LogP contribution in [0.3, 0.4) is 0 Å². The third kappa shape index (κ3) is 9.82. The van der Waals surface area contributed by atoms with Crippen LogP contribution in [0.1, 0.15) is 27.7 Å². The van der Waals surface area contributed by atoms with Gasteiger partial charge in [0, 0.05) is 29.4 Å². The second-order valence-corrected chi connectivity index (χ2v) is 6.64. The third-order valence-electron chi connectivity index (χ3n) is 3.23. The Balaban J connectivity index is 0.000000646. The highest BCUT2D eigenvalue weighted by Gasteiger charge is 2.09. The van der Waals surface area contributed by atoms with Gasteiger partial charge in [-0.25, -0.2) is 9.78 Å². The van der Waals surface area contributed by atoms with Crippen molar-refractivity contribution >= 4 is 29.0 Å². The van der Waals surface area contributed by atoms with E-state index in [2.05, 4.69) is 38.7 Å². The number of hydrogen-bond acceptors (Lipinski definition) is 6. The van der Waals surface area contributed by atoms with Gasteiger partial charge in [0.15, 0.2) is 0 Å². The van der Waals surface area contributed by atoms with E-state index in [0.717, 1.165) is 10.6 Å². The number of carbonyl (C=O) groups is 1. The van der Waals surface area contributed by atoms with Crippen LogP contribution in [-0.2, 0) is 0 Å². The number of amides is 2. The number of nitrogens with one attached hydrogen (secondary N) is 2. The van der Waals surface area contributed by atoms with Crippen molar-refractivity contribution < 1.29 is 9.53 Å². The number of carbonyl (C=O) groups excluding carboxylic acids is 1. The fraction of sp³-hybridized carbons (Fsp3) is 0.167. The van der Waals surface area contributed by atoms with Gasteiger partial charge in [-0.05, 0) is 32.0 Å². The third-order valence-corrected chi connectivity index (χ3v) is 4.12. The number of ether oxygens (including phenoxy) is 1. The molecule has 0 spiro atoms. The molecule has 2 amide bonds. The Morgan fingerprint density at radius 3 is 2.47 bits per heavy atom. The normalized spacial score (nSPS) is 9.50. The smallest absolute Gasteiger partial charge is 0.326 e. The fourth-order valence-corrected chi connectivity index (χ4v) is 2.82. The Labute approximate surface area is 193 Å². The van der Waals surface area contributed by atoms with Gasteiger partial charge in [-0.2, -0.15) is 4.98 Å². The molecule has 3 aromatic rings. The highest BCUT2D eigenvalue weighted by molar-refractivity contribution is 7.13. The van der Waals surface area contributed by atoms with Crippen LogP contribution in [0.25, 0.3) is 10.6 Å². The van der Waals surface area contributed by atoms with E-state index in [-0.39, 0.29) is 0 Å². The van der Waals surface area contributed by atoms with E-state index in [4.69, 9.17) is 4.74 Å². The van der Waals surface area contributed by atoms with Crippen molar-refractivity contribution in [3.63, 3.8) is 0 Å². The quantitative estimate of drug-likeness (QED) is 0.313. The van der Waals surface area contributed by atoms with Crippen LogP contribution >= 0.6 is 11.3 Å². The fourth-order valence-electron chi connectivity index (χ4n) is 2.07. The maximum absolute atomic E-state index is 12.1. The minimum absolute atomic E-state index is 0.359. The van der Waals surface area contributed by atoms with Crippen molar-refractivity contribution in [3.05, 3.63) is 85.3 Å². The molecule has 3 rings (SSSR count). The molecule has 0 radical (unpaired) electrons. The van der Waals surface area contributed by atoms with Gasteiger partial charge in [-0.3, -0.25) is 15.6 Å². The summed E-state index contributed by atoms with van der Waals surface area (Å²) in [7, 11) is 0. The van der Waals surface area contributed by atoms with Gasteiger partial charge in [0.25, 0.3) is 0 Å². The number of nitrogens with zero attached hydrogens (tertiary/aromatic N) is 3. The highest BCUT2D eigenvalue weighted by atomic mass is 32.1. The topological polar surface area (TPSA) is 89.0 Å². The zero-order valence-corrected chi connectivity index (χ0v) is 19.6. The first-order chi connectivity index (χ1) is 15.5. The van der Waals surface area contributed by atoms with Crippen LogP contribution in [0.5, 0.6) is 5.88 Å². The molecule has 0 fully saturated rings. The Hall–Kier alpha value is -3.78. The maximum atomic E-state index is 12.1. The van der Waals surface area contributed by atoms with Gasteiger partial charge in [0.05, 0.1) is 5.76 Å². The molecule has 32 heavy (non-hydrogen) atoms.